The van der Waals surface area contributed by atoms with Gasteiger partial charge in [-0.3, -0.25) is 4.79 Å². The number of rotatable bonds is 6. The molecule has 2 aromatic rings. The SMILES string of the molecule is O=C([C@H]1CCCN(S(=O)(=O)Cc2ccc(Cl)cc2Cl)C1)N1CCC(Cc2ccccc2)CC1. The number of nitrogens with zero attached hydrogens (tertiary/aromatic N) is 2. The summed E-state index contributed by atoms with van der Waals surface area (Å²) >= 11 is 12.1. The second kappa shape index (κ2) is 10.8. The first-order valence-corrected chi connectivity index (χ1v) is 13.9. The van der Waals surface area contributed by atoms with Crippen LogP contribution in [0.25, 0.3) is 0 Å². The number of hydrogen-bond donors (Lipinski definition) is 0. The van der Waals surface area contributed by atoms with Crippen molar-refractivity contribution in [1.82, 2.24) is 9.21 Å². The van der Waals surface area contributed by atoms with Crippen LogP contribution in [-0.2, 0) is 27.0 Å². The maximum atomic E-state index is 13.2. The Balaban J connectivity index is 1.33. The van der Waals surface area contributed by atoms with Crippen LogP contribution in [0.5, 0.6) is 0 Å². The number of sulfonamides is 1. The van der Waals surface area contributed by atoms with Gasteiger partial charge in [-0.05, 0) is 61.3 Å². The number of carbonyl (C=O) groups excluding carboxylic acids is 1. The van der Waals surface area contributed by atoms with E-state index in [2.05, 4.69) is 24.3 Å². The third kappa shape index (κ3) is 6.30. The van der Waals surface area contributed by atoms with Gasteiger partial charge in [-0.2, -0.15) is 0 Å². The van der Waals surface area contributed by atoms with E-state index in [9.17, 15) is 13.2 Å². The van der Waals surface area contributed by atoms with Gasteiger partial charge in [0.05, 0.1) is 11.7 Å². The largest absolute Gasteiger partial charge is 0.342 e. The number of carbonyl (C=O) groups is 1. The highest BCUT2D eigenvalue weighted by atomic mass is 35.5. The summed E-state index contributed by atoms with van der Waals surface area (Å²) in [5, 5.41) is 0.811. The minimum atomic E-state index is -3.58. The van der Waals surface area contributed by atoms with E-state index in [4.69, 9.17) is 23.2 Å². The molecular formula is C25H30Cl2N2O3S. The van der Waals surface area contributed by atoms with Crippen molar-refractivity contribution in [1.29, 1.82) is 0 Å². The van der Waals surface area contributed by atoms with Crippen molar-refractivity contribution in [3.63, 3.8) is 0 Å². The molecule has 1 amide bonds. The number of halogens is 2. The van der Waals surface area contributed by atoms with Gasteiger partial charge in [0.15, 0.2) is 0 Å². The fourth-order valence-corrected chi connectivity index (χ4v) is 7.08. The molecule has 2 aliphatic rings. The number of piperidine rings is 2. The molecule has 1 atom stereocenters. The van der Waals surface area contributed by atoms with Crippen molar-refractivity contribution in [2.75, 3.05) is 26.2 Å². The third-order valence-corrected chi connectivity index (χ3v) is 9.15. The predicted molar refractivity (Wildman–Crippen MR) is 133 cm³/mol. The maximum Gasteiger partial charge on any atom is 0.227 e. The molecule has 0 N–H and O–H groups in total. The van der Waals surface area contributed by atoms with Crippen molar-refractivity contribution in [3.8, 4) is 0 Å². The Kier molecular flexibility index (Phi) is 8.00. The van der Waals surface area contributed by atoms with Crippen molar-refractivity contribution in [2.24, 2.45) is 11.8 Å². The van der Waals surface area contributed by atoms with E-state index in [1.54, 1.807) is 18.2 Å². The molecule has 33 heavy (non-hydrogen) atoms. The molecule has 2 fully saturated rings. The topological polar surface area (TPSA) is 57.7 Å². The van der Waals surface area contributed by atoms with Gasteiger partial charge in [-0.25, -0.2) is 12.7 Å². The summed E-state index contributed by atoms with van der Waals surface area (Å²) in [7, 11) is -3.58. The first-order chi connectivity index (χ1) is 15.8. The second-order valence-electron chi connectivity index (χ2n) is 9.15. The minimum absolute atomic E-state index is 0.0950. The standard InChI is InChI=1S/C25H30Cl2N2O3S/c26-23-9-8-22(24(27)16-23)18-33(31,32)29-12-4-7-21(17-29)25(30)28-13-10-20(11-14-28)15-19-5-2-1-3-6-19/h1-3,5-6,8-9,16,20-21H,4,7,10-15,17-18H2/t21-/m0/s1. The van der Waals surface area contributed by atoms with Gasteiger partial charge >= 0.3 is 0 Å². The monoisotopic (exact) mass is 508 g/mol. The van der Waals surface area contributed by atoms with Crippen LogP contribution in [0, 0.1) is 11.8 Å². The molecule has 0 aliphatic carbocycles. The molecule has 5 nitrogen and oxygen atoms in total. The van der Waals surface area contributed by atoms with Crippen LogP contribution in [0.4, 0.5) is 0 Å². The summed E-state index contributed by atoms with van der Waals surface area (Å²) in [5.41, 5.74) is 1.87. The van der Waals surface area contributed by atoms with Gasteiger partial charge in [-0.1, -0.05) is 59.6 Å². The quantitative estimate of drug-likeness (QED) is 0.550. The molecule has 2 aliphatic heterocycles. The van der Waals surface area contributed by atoms with Crippen LogP contribution in [-0.4, -0.2) is 49.7 Å². The van der Waals surface area contributed by atoms with Gasteiger partial charge in [0, 0.05) is 36.2 Å². The zero-order chi connectivity index (χ0) is 23.4. The molecule has 0 aromatic heterocycles. The molecule has 2 heterocycles. The van der Waals surface area contributed by atoms with Crippen molar-refractivity contribution < 1.29 is 13.2 Å². The average molecular weight is 509 g/mol. The van der Waals surface area contributed by atoms with E-state index in [0.717, 1.165) is 38.8 Å². The molecule has 178 valence electrons. The Bertz CT molecular complexity index is 1070. The van der Waals surface area contributed by atoms with Crippen LogP contribution in [0.1, 0.15) is 36.8 Å². The van der Waals surface area contributed by atoms with Crippen LogP contribution in [0.15, 0.2) is 48.5 Å². The van der Waals surface area contributed by atoms with Gasteiger partial charge in [-0.15, -0.1) is 0 Å². The molecule has 0 radical (unpaired) electrons. The lowest BCUT2D eigenvalue weighted by molar-refractivity contribution is -0.138. The fourth-order valence-electron chi connectivity index (χ4n) is 4.89. The van der Waals surface area contributed by atoms with Gasteiger partial charge in [0.25, 0.3) is 0 Å². The second-order valence-corrected chi connectivity index (χ2v) is 12.0. The highest BCUT2D eigenvalue weighted by Crippen LogP contribution is 2.28. The molecule has 2 saturated heterocycles. The van der Waals surface area contributed by atoms with Crippen molar-refractivity contribution in [3.05, 3.63) is 69.7 Å². The third-order valence-electron chi connectivity index (χ3n) is 6.77. The predicted octanol–water partition coefficient (Wildman–Crippen LogP) is 5.02. The molecule has 0 unspecified atom stereocenters. The Hall–Kier alpha value is -1.60. The first-order valence-electron chi connectivity index (χ1n) is 11.6. The minimum Gasteiger partial charge on any atom is -0.342 e. The van der Waals surface area contributed by atoms with Crippen LogP contribution in [0.3, 0.4) is 0 Å². The lowest BCUT2D eigenvalue weighted by Crippen LogP contribution is -2.48. The van der Waals surface area contributed by atoms with E-state index in [1.165, 1.54) is 9.87 Å². The van der Waals surface area contributed by atoms with Crippen molar-refractivity contribution >= 4 is 39.1 Å². The van der Waals surface area contributed by atoms with Crippen molar-refractivity contribution in [2.45, 2.75) is 37.9 Å². The molecule has 0 saturated carbocycles. The maximum absolute atomic E-state index is 13.2. The zero-order valence-corrected chi connectivity index (χ0v) is 21.0. The van der Waals surface area contributed by atoms with Gasteiger partial charge in [0.2, 0.25) is 15.9 Å². The van der Waals surface area contributed by atoms with Crippen LogP contribution < -0.4 is 0 Å². The van der Waals surface area contributed by atoms with E-state index in [-0.39, 0.29) is 24.1 Å². The van der Waals surface area contributed by atoms with Gasteiger partial charge < -0.3 is 4.90 Å². The van der Waals surface area contributed by atoms with Crippen LogP contribution >= 0.6 is 23.2 Å². The van der Waals surface area contributed by atoms with E-state index < -0.39 is 10.0 Å². The highest BCUT2D eigenvalue weighted by molar-refractivity contribution is 7.88. The number of hydrogen-bond acceptors (Lipinski definition) is 3. The smallest absolute Gasteiger partial charge is 0.227 e. The molecule has 0 bridgehead atoms. The van der Waals surface area contributed by atoms with E-state index >= 15 is 0 Å². The summed E-state index contributed by atoms with van der Waals surface area (Å²) in [6, 6.07) is 15.3. The summed E-state index contributed by atoms with van der Waals surface area (Å²) in [6.45, 7) is 2.19. The lowest BCUT2D eigenvalue weighted by atomic mass is 9.89. The molecule has 8 heteroatoms. The summed E-state index contributed by atoms with van der Waals surface area (Å²) in [5.74, 6) is 0.218. The van der Waals surface area contributed by atoms with E-state index in [0.29, 0.717) is 34.5 Å². The Morgan fingerprint density at radius 1 is 0.970 bits per heavy atom. The molecule has 4 rings (SSSR count). The zero-order valence-electron chi connectivity index (χ0n) is 18.6. The summed E-state index contributed by atoms with van der Waals surface area (Å²) in [6.07, 6.45) is 4.45. The summed E-state index contributed by atoms with van der Waals surface area (Å²) in [4.78, 5) is 15.2. The Labute approximate surface area is 206 Å². The fraction of sp³-hybridized carbons (Fsp3) is 0.480. The molecular weight excluding hydrogens is 479 g/mol. The molecule has 0 spiro atoms. The number of benzene rings is 2. The highest BCUT2D eigenvalue weighted by Gasteiger charge is 2.35. The first kappa shape index (κ1) is 24.5. The average Bonchev–Trinajstić information content (AvgIpc) is 2.82. The summed E-state index contributed by atoms with van der Waals surface area (Å²) < 4.78 is 27.6. The van der Waals surface area contributed by atoms with E-state index in [1.807, 2.05) is 11.0 Å². The normalized spacial score (nSPS) is 20.7. The lowest BCUT2D eigenvalue weighted by Gasteiger charge is -2.37. The number of amides is 1. The van der Waals surface area contributed by atoms with Crippen LogP contribution in [0.2, 0.25) is 10.0 Å². The van der Waals surface area contributed by atoms with Gasteiger partial charge in [0.1, 0.15) is 0 Å². The Morgan fingerprint density at radius 2 is 1.70 bits per heavy atom. The molecule has 2 aromatic carbocycles. The number of likely N-dealkylation sites (tertiary alicyclic amines) is 1. The Morgan fingerprint density at radius 3 is 2.39 bits per heavy atom.